The zero-order valence-electron chi connectivity index (χ0n) is 12.0. The van der Waals surface area contributed by atoms with E-state index >= 15 is 0 Å². The predicted molar refractivity (Wildman–Crippen MR) is 72.4 cm³/mol. The van der Waals surface area contributed by atoms with Crippen LogP contribution in [-0.2, 0) is 14.3 Å². The van der Waals surface area contributed by atoms with Crippen molar-refractivity contribution in [2.75, 3.05) is 11.9 Å². The number of primary amides is 1. The second kappa shape index (κ2) is 7.68. The van der Waals surface area contributed by atoms with Crippen LogP contribution < -0.4 is 15.8 Å². The topological polar surface area (TPSA) is 111 Å². The van der Waals surface area contributed by atoms with Crippen LogP contribution in [0.2, 0.25) is 0 Å². The average molecular weight is 336 g/mol. The molecule has 1 aromatic carbocycles. The molecular formula is C13H15F3N2O5. The Morgan fingerprint density at radius 3 is 2.57 bits per heavy atom. The van der Waals surface area contributed by atoms with E-state index in [1.807, 2.05) is 0 Å². The molecule has 0 saturated heterocycles. The number of anilines is 1. The molecule has 1 amide bonds. The summed E-state index contributed by atoms with van der Waals surface area (Å²) in [6, 6.07) is 2.91. The highest BCUT2D eigenvalue weighted by molar-refractivity contribution is 5.90. The van der Waals surface area contributed by atoms with Crippen molar-refractivity contribution < 1.29 is 37.3 Å². The smallest absolute Gasteiger partial charge is 0.464 e. The zero-order chi connectivity index (χ0) is 17.6. The maximum Gasteiger partial charge on any atom is 0.573 e. The van der Waals surface area contributed by atoms with Crippen molar-refractivity contribution >= 4 is 17.6 Å². The van der Waals surface area contributed by atoms with Gasteiger partial charge in [-0.3, -0.25) is 4.79 Å². The van der Waals surface area contributed by atoms with Crippen molar-refractivity contribution in [3.05, 3.63) is 24.3 Å². The van der Waals surface area contributed by atoms with E-state index in [-0.39, 0.29) is 12.3 Å². The van der Waals surface area contributed by atoms with Crippen LogP contribution in [0.4, 0.5) is 18.9 Å². The molecular weight excluding hydrogens is 321 g/mol. The number of halogens is 3. The molecule has 128 valence electrons. The first kappa shape index (κ1) is 18.6. The van der Waals surface area contributed by atoms with E-state index in [0.717, 1.165) is 12.1 Å². The monoisotopic (exact) mass is 336 g/mol. The standard InChI is InChI=1S/C13H15F3N2O5/c1-2-22-12(21)10(19)9(11(17)20)18-7-4-3-5-8(6-7)23-13(14,15)16/h3-6,9-10,18-19H,2H2,1H3,(H2,17,20)/t9-,10?/m0/s1. The Labute approximate surface area is 129 Å². The number of ether oxygens (including phenoxy) is 2. The third-order valence-electron chi connectivity index (χ3n) is 2.54. The molecule has 1 rings (SSSR count). The fourth-order valence-electron chi connectivity index (χ4n) is 1.63. The van der Waals surface area contributed by atoms with Gasteiger partial charge in [0, 0.05) is 11.8 Å². The summed E-state index contributed by atoms with van der Waals surface area (Å²) in [6.45, 7) is 1.46. The van der Waals surface area contributed by atoms with E-state index < -0.39 is 36.1 Å². The molecule has 0 spiro atoms. The largest absolute Gasteiger partial charge is 0.573 e. The summed E-state index contributed by atoms with van der Waals surface area (Å²) in [5.74, 6) is -2.73. The van der Waals surface area contributed by atoms with Crippen LogP contribution in [0.1, 0.15) is 6.92 Å². The molecule has 0 bridgehead atoms. The molecule has 0 heterocycles. The van der Waals surface area contributed by atoms with Gasteiger partial charge < -0.3 is 25.6 Å². The third kappa shape index (κ3) is 6.02. The lowest BCUT2D eigenvalue weighted by molar-refractivity contribution is -0.274. The van der Waals surface area contributed by atoms with Crippen LogP contribution in [-0.4, -0.2) is 42.1 Å². The Bertz CT molecular complexity index is 565. The highest BCUT2D eigenvalue weighted by Gasteiger charge is 2.33. The van der Waals surface area contributed by atoms with Crippen LogP contribution >= 0.6 is 0 Å². The molecule has 0 fully saturated rings. The van der Waals surface area contributed by atoms with Gasteiger partial charge in [0.2, 0.25) is 5.91 Å². The molecule has 4 N–H and O–H groups in total. The van der Waals surface area contributed by atoms with Gasteiger partial charge in [-0.05, 0) is 19.1 Å². The van der Waals surface area contributed by atoms with Crippen LogP contribution in [0.5, 0.6) is 5.75 Å². The van der Waals surface area contributed by atoms with Gasteiger partial charge in [0.1, 0.15) is 11.8 Å². The normalized spacial score (nSPS) is 13.8. The fraction of sp³-hybridized carbons (Fsp3) is 0.385. The number of amides is 1. The van der Waals surface area contributed by atoms with Crippen LogP contribution in [0, 0.1) is 0 Å². The molecule has 1 unspecified atom stereocenters. The van der Waals surface area contributed by atoms with Gasteiger partial charge in [0.05, 0.1) is 6.61 Å². The number of nitrogens with two attached hydrogens (primary N) is 1. The van der Waals surface area contributed by atoms with Crippen molar-refractivity contribution in [3.8, 4) is 5.75 Å². The number of aliphatic hydroxyl groups is 1. The molecule has 2 atom stereocenters. The number of rotatable bonds is 7. The van der Waals surface area contributed by atoms with Crippen molar-refractivity contribution in [2.45, 2.75) is 25.4 Å². The quantitative estimate of drug-likeness (QED) is 0.635. The Balaban J connectivity index is 2.91. The second-order valence-corrected chi connectivity index (χ2v) is 4.30. The van der Waals surface area contributed by atoms with Crippen LogP contribution in [0.25, 0.3) is 0 Å². The van der Waals surface area contributed by atoms with E-state index in [1.54, 1.807) is 0 Å². The van der Waals surface area contributed by atoms with E-state index in [4.69, 9.17) is 5.73 Å². The summed E-state index contributed by atoms with van der Waals surface area (Å²) >= 11 is 0. The van der Waals surface area contributed by atoms with Gasteiger partial charge in [-0.2, -0.15) is 0 Å². The van der Waals surface area contributed by atoms with Crippen molar-refractivity contribution in [3.63, 3.8) is 0 Å². The maximum atomic E-state index is 12.2. The lowest BCUT2D eigenvalue weighted by Gasteiger charge is -2.21. The van der Waals surface area contributed by atoms with Crippen LogP contribution in [0.15, 0.2) is 24.3 Å². The van der Waals surface area contributed by atoms with Crippen molar-refractivity contribution in [2.24, 2.45) is 5.73 Å². The molecule has 10 heteroatoms. The molecule has 0 radical (unpaired) electrons. The van der Waals surface area contributed by atoms with Crippen molar-refractivity contribution in [1.82, 2.24) is 0 Å². The molecule has 1 aromatic rings. The first-order chi connectivity index (χ1) is 10.6. The molecule has 7 nitrogen and oxygen atoms in total. The van der Waals surface area contributed by atoms with Gasteiger partial charge in [-0.1, -0.05) is 6.07 Å². The minimum absolute atomic E-state index is 0.0149. The SMILES string of the molecule is CCOC(=O)C(O)[C@H](Nc1cccc(OC(F)(F)F)c1)C(N)=O. The predicted octanol–water partition coefficient (Wildman–Crippen LogP) is 0.775. The first-order valence-electron chi connectivity index (χ1n) is 6.40. The first-order valence-corrected chi connectivity index (χ1v) is 6.40. The number of carbonyl (C=O) groups is 2. The Kier molecular flexibility index (Phi) is 6.19. The van der Waals surface area contributed by atoms with E-state index in [1.165, 1.54) is 19.1 Å². The molecule has 0 aliphatic heterocycles. The fourth-order valence-corrected chi connectivity index (χ4v) is 1.63. The Morgan fingerprint density at radius 1 is 1.39 bits per heavy atom. The van der Waals surface area contributed by atoms with Gasteiger partial charge in [-0.25, -0.2) is 4.79 Å². The lowest BCUT2D eigenvalue weighted by Crippen LogP contribution is -2.49. The Morgan fingerprint density at radius 2 is 2.04 bits per heavy atom. The van der Waals surface area contributed by atoms with Gasteiger partial charge in [0.25, 0.3) is 0 Å². The van der Waals surface area contributed by atoms with Gasteiger partial charge in [-0.15, -0.1) is 13.2 Å². The number of esters is 1. The van der Waals surface area contributed by atoms with Crippen LogP contribution in [0.3, 0.4) is 0 Å². The van der Waals surface area contributed by atoms with E-state index in [2.05, 4.69) is 14.8 Å². The minimum atomic E-state index is -4.88. The van der Waals surface area contributed by atoms with Crippen molar-refractivity contribution in [1.29, 1.82) is 0 Å². The summed E-state index contributed by atoms with van der Waals surface area (Å²) in [7, 11) is 0. The second-order valence-electron chi connectivity index (χ2n) is 4.30. The number of aliphatic hydroxyl groups excluding tert-OH is 1. The van der Waals surface area contributed by atoms with E-state index in [9.17, 15) is 27.9 Å². The number of benzene rings is 1. The van der Waals surface area contributed by atoms with Gasteiger partial charge in [0.15, 0.2) is 6.10 Å². The molecule has 23 heavy (non-hydrogen) atoms. The summed E-state index contributed by atoms with van der Waals surface area (Å²) < 4.78 is 44.8. The molecule has 0 aliphatic carbocycles. The number of hydrogen-bond donors (Lipinski definition) is 3. The maximum absolute atomic E-state index is 12.2. The van der Waals surface area contributed by atoms with E-state index in [0.29, 0.717) is 0 Å². The minimum Gasteiger partial charge on any atom is -0.464 e. The third-order valence-corrected chi connectivity index (χ3v) is 2.54. The summed E-state index contributed by atoms with van der Waals surface area (Å²) in [5, 5.41) is 12.1. The Hall–Kier alpha value is -2.49. The summed E-state index contributed by atoms with van der Waals surface area (Å²) in [6.07, 6.45) is -6.80. The zero-order valence-corrected chi connectivity index (χ0v) is 12.0. The summed E-state index contributed by atoms with van der Waals surface area (Å²) in [4.78, 5) is 22.8. The highest BCUT2D eigenvalue weighted by Crippen LogP contribution is 2.25. The molecule has 0 aromatic heterocycles. The molecule has 0 aliphatic rings. The number of carbonyl (C=O) groups excluding carboxylic acids is 2. The molecule has 0 saturated carbocycles. The van der Waals surface area contributed by atoms with Gasteiger partial charge >= 0.3 is 12.3 Å². The lowest BCUT2D eigenvalue weighted by atomic mass is 10.1. The highest BCUT2D eigenvalue weighted by atomic mass is 19.4. The average Bonchev–Trinajstić information content (AvgIpc) is 2.42. The summed E-state index contributed by atoms with van der Waals surface area (Å²) in [5.41, 5.74) is 5.06. The number of alkyl halides is 3. The number of nitrogens with one attached hydrogen (secondary N) is 1. The number of hydrogen-bond acceptors (Lipinski definition) is 6.